The Morgan fingerprint density at radius 3 is 2.67 bits per heavy atom. The summed E-state index contributed by atoms with van der Waals surface area (Å²) in [6, 6.07) is 9.74. The molecule has 0 aliphatic carbocycles. The topological polar surface area (TPSA) is 64.7 Å². The highest BCUT2D eigenvalue weighted by Crippen LogP contribution is 2.22. The molecule has 1 unspecified atom stereocenters. The number of likely N-dealkylation sites (tertiary alicyclic amines) is 1. The van der Waals surface area contributed by atoms with E-state index in [-0.39, 0.29) is 11.8 Å². The molecule has 0 radical (unpaired) electrons. The van der Waals surface area contributed by atoms with Crippen molar-refractivity contribution in [2.75, 3.05) is 43.9 Å². The summed E-state index contributed by atoms with van der Waals surface area (Å²) in [5.41, 5.74) is 1.11. The first-order chi connectivity index (χ1) is 14.3. The maximum atomic E-state index is 14.2. The molecule has 8 heteroatoms. The summed E-state index contributed by atoms with van der Waals surface area (Å²) in [4.78, 5) is 28.2. The number of piperidine rings is 1. The standard InChI is InChI=1S/C22H26F2N4O2/c1-27(2)20-9-8-16(11-19(20)24)21(29)28-10-4-5-15(14-28)13-25-22(30)26-18-7-3-6-17(23)12-18/h3,6-9,11-12,15H,4-5,10,13-14H2,1-2H3,(H2,25,26,30). The summed E-state index contributed by atoms with van der Waals surface area (Å²) in [7, 11) is 3.49. The molecule has 6 nitrogen and oxygen atoms in total. The first kappa shape index (κ1) is 21.5. The molecule has 3 rings (SSSR count). The van der Waals surface area contributed by atoms with E-state index in [1.807, 2.05) is 0 Å². The molecule has 2 aromatic rings. The molecule has 1 heterocycles. The lowest BCUT2D eigenvalue weighted by Gasteiger charge is -2.33. The summed E-state index contributed by atoms with van der Waals surface area (Å²) in [5, 5.41) is 5.36. The number of nitrogens with zero attached hydrogens (tertiary/aromatic N) is 2. The van der Waals surface area contributed by atoms with Gasteiger partial charge in [0.2, 0.25) is 0 Å². The van der Waals surface area contributed by atoms with Crippen molar-refractivity contribution in [1.82, 2.24) is 10.2 Å². The lowest BCUT2D eigenvalue weighted by molar-refractivity contribution is 0.0674. The van der Waals surface area contributed by atoms with Crippen LogP contribution in [0.2, 0.25) is 0 Å². The highest BCUT2D eigenvalue weighted by molar-refractivity contribution is 5.94. The number of halogens is 2. The number of hydrogen-bond acceptors (Lipinski definition) is 3. The van der Waals surface area contributed by atoms with Crippen molar-refractivity contribution in [3.05, 3.63) is 59.7 Å². The summed E-state index contributed by atoms with van der Waals surface area (Å²) in [6.45, 7) is 1.47. The molecular weight excluding hydrogens is 390 g/mol. The van der Waals surface area contributed by atoms with Crippen LogP contribution >= 0.6 is 0 Å². The fourth-order valence-corrected chi connectivity index (χ4v) is 3.58. The molecular formula is C22H26F2N4O2. The minimum absolute atomic E-state index is 0.0897. The molecule has 2 N–H and O–H groups in total. The number of nitrogens with one attached hydrogen (secondary N) is 2. The summed E-state index contributed by atoms with van der Waals surface area (Å²) in [5.74, 6) is -0.987. The quantitative estimate of drug-likeness (QED) is 0.781. The second kappa shape index (κ2) is 9.56. The maximum Gasteiger partial charge on any atom is 0.319 e. The summed E-state index contributed by atoms with van der Waals surface area (Å²) < 4.78 is 27.4. The average Bonchev–Trinajstić information content (AvgIpc) is 2.71. The van der Waals surface area contributed by atoms with E-state index < -0.39 is 17.7 Å². The maximum absolute atomic E-state index is 14.2. The molecule has 1 fully saturated rings. The van der Waals surface area contributed by atoms with Gasteiger partial charge in [0.15, 0.2) is 0 Å². The number of hydrogen-bond donors (Lipinski definition) is 2. The van der Waals surface area contributed by atoms with E-state index in [1.54, 1.807) is 42.1 Å². The molecule has 30 heavy (non-hydrogen) atoms. The van der Waals surface area contributed by atoms with E-state index in [9.17, 15) is 18.4 Å². The molecule has 1 aliphatic heterocycles. The Morgan fingerprint density at radius 1 is 1.17 bits per heavy atom. The minimum atomic E-state index is -0.435. The number of carbonyl (C=O) groups is 2. The molecule has 0 aromatic heterocycles. The highest BCUT2D eigenvalue weighted by Gasteiger charge is 2.25. The number of carbonyl (C=O) groups excluding carboxylic acids is 2. The van der Waals surface area contributed by atoms with Crippen LogP contribution in [-0.4, -0.2) is 50.6 Å². The number of rotatable bonds is 5. The Labute approximate surface area is 174 Å². The molecule has 3 amide bonds. The van der Waals surface area contributed by atoms with E-state index in [2.05, 4.69) is 10.6 Å². The highest BCUT2D eigenvalue weighted by atomic mass is 19.1. The van der Waals surface area contributed by atoms with Crippen LogP contribution < -0.4 is 15.5 Å². The van der Waals surface area contributed by atoms with Crippen LogP contribution in [0.5, 0.6) is 0 Å². The Hall–Kier alpha value is -3.16. The van der Waals surface area contributed by atoms with Crippen molar-refractivity contribution in [3.63, 3.8) is 0 Å². The fourth-order valence-electron chi connectivity index (χ4n) is 3.58. The lowest BCUT2D eigenvalue weighted by Crippen LogP contribution is -2.44. The number of benzene rings is 2. The van der Waals surface area contributed by atoms with Gasteiger partial charge in [0.1, 0.15) is 11.6 Å². The van der Waals surface area contributed by atoms with Gasteiger partial charge >= 0.3 is 6.03 Å². The second-order valence-electron chi connectivity index (χ2n) is 7.67. The fraction of sp³-hybridized carbons (Fsp3) is 0.364. The molecule has 0 spiro atoms. The normalized spacial score (nSPS) is 16.1. The number of anilines is 2. The SMILES string of the molecule is CN(C)c1ccc(C(=O)N2CCCC(CNC(=O)Nc3cccc(F)c3)C2)cc1F. The van der Waals surface area contributed by atoms with Gasteiger partial charge < -0.3 is 20.4 Å². The zero-order chi connectivity index (χ0) is 21.7. The van der Waals surface area contributed by atoms with E-state index in [0.717, 1.165) is 12.8 Å². The van der Waals surface area contributed by atoms with Gasteiger partial charge in [0.05, 0.1) is 5.69 Å². The monoisotopic (exact) mass is 416 g/mol. The third-order valence-electron chi connectivity index (χ3n) is 5.12. The van der Waals surface area contributed by atoms with Gasteiger partial charge in [0, 0.05) is 45.0 Å². The Bertz CT molecular complexity index is 920. The molecule has 2 aromatic carbocycles. The van der Waals surface area contributed by atoms with Crippen LogP contribution in [-0.2, 0) is 0 Å². The molecule has 0 saturated carbocycles. The summed E-state index contributed by atoms with van der Waals surface area (Å²) in [6.07, 6.45) is 1.68. The van der Waals surface area contributed by atoms with Gasteiger partial charge in [-0.25, -0.2) is 13.6 Å². The van der Waals surface area contributed by atoms with Crippen molar-refractivity contribution >= 4 is 23.3 Å². The van der Waals surface area contributed by atoms with Crippen LogP contribution in [0.1, 0.15) is 23.2 Å². The van der Waals surface area contributed by atoms with Crippen LogP contribution in [0.15, 0.2) is 42.5 Å². The molecule has 0 bridgehead atoms. The van der Waals surface area contributed by atoms with Crippen molar-refractivity contribution in [3.8, 4) is 0 Å². The molecule has 1 atom stereocenters. The van der Waals surface area contributed by atoms with Crippen LogP contribution in [0.3, 0.4) is 0 Å². The van der Waals surface area contributed by atoms with Gasteiger partial charge in [-0.15, -0.1) is 0 Å². The largest absolute Gasteiger partial charge is 0.375 e. The molecule has 1 saturated heterocycles. The van der Waals surface area contributed by atoms with Gasteiger partial charge in [-0.2, -0.15) is 0 Å². The minimum Gasteiger partial charge on any atom is -0.375 e. The lowest BCUT2D eigenvalue weighted by atomic mass is 9.97. The van der Waals surface area contributed by atoms with Crippen LogP contribution in [0.25, 0.3) is 0 Å². The first-order valence-corrected chi connectivity index (χ1v) is 9.90. The smallest absolute Gasteiger partial charge is 0.319 e. The first-order valence-electron chi connectivity index (χ1n) is 9.90. The van der Waals surface area contributed by atoms with Crippen LogP contribution in [0, 0.1) is 17.6 Å². The molecule has 1 aliphatic rings. The third kappa shape index (κ3) is 5.46. The van der Waals surface area contributed by atoms with Crippen LogP contribution in [0.4, 0.5) is 25.0 Å². The predicted molar refractivity (Wildman–Crippen MR) is 113 cm³/mol. The zero-order valence-electron chi connectivity index (χ0n) is 17.1. The van der Waals surface area contributed by atoms with Gasteiger partial charge in [-0.3, -0.25) is 4.79 Å². The van der Waals surface area contributed by atoms with Crippen molar-refractivity contribution < 1.29 is 18.4 Å². The average molecular weight is 416 g/mol. The van der Waals surface area contributed by atoms with Crippen molar-refractivity contribution in [2.45, 2.75) is 12.8 Å². The second-order valence-corrected chi connectivity index (χ2v) is 7.67. The Kier molecular flexibility index (Phi) is 6.87. The number of urea groups is 1. The van der Waals surface area contributed by atoms with E-state index in [4.69, 9.17) is 0 Å². The van der Waals surface area contributed by atoms with E-state index >= 15 is 0 Å². The van der Waals surface area contributed by atoms with E-state index in [0.29, 0.717) is 36.6 Å². The van der Waals surface area contributed by atoms with Gasteiger partial charge in [-0.05, 0) is 55.2 Å². The Balaban J connectivity index is 1.54. The zero-order valence-corrected chi connectivity index (χ0v) is 17.1. The van der Waals surface area contributed by atoms with Crippen molar-refractivity contribution in [1.29, 1.82) is 0 Å². The van der Waals surface area contributed by atoms with Crippen molar-refractivity contribution in [2.24, 2.45) is 5.92 Å². The predicted octanol–water partition coefficient (Wildman–Crippen LogP) is 3.70. The molecule has 160 valence electrons. The third-order valence-corrected chi connectivity index (χ3v) is 5.12. The van der Waals surface area contributed by atoms with E-state index in [1.165, 1.54) is 24.3 Å². The Morgan fingerprint density at radius 2 is 1.97 bits per heavy atom. The van der Waals surface area contributed by atoms with Gasteiger partial charge in [-0.1, -0.05) is 6.07 Å². The number of amides is 3. The summed E-state index contributed by atoms with van der Waals surface area (Å²) >= 11 is 0. The van der Waals surface area contributed by atoms with Gasteiger partial charge in [0.25, 0.3) is 5.91 Å².